The molecule has 0 bridgehead atoms. The Kier molecular flexibility index (Phi) is 1.77. The highest BCUT2D eigenvalue weighted by Gasteiger charge is 2.34. The molecule has 1 heterocycles. The van der Waals surface area contributed by atoms with Gasteiger partial charge in [-0.2, -0.15) is 0 Å². The Balaban J connectivity index is 2.09. The van der Waals surface area contributed by atoms with E-state index in [0.29, 0.717) is 12.0 Å². The Morgan fingerprint density at radius 3 is 3.00 bits per heavy atom. The van der Waals surface area contributed by atoms with E-state index in [1.54, 1.807) is 6.26 Å². The molecule has 1 aromatic rings. The lowest BCUT2D eigenvalue weighted by Crippen LogP contribution is -2.02. The molecule has 1 aromatic heterocycles. The van der Waals surface area contributed by atoms with Crippen LogP contribution in [-0.2, 0) is 0 Å². The van der Waals surface area contributed by atoms with Crippen LogP contribution in [-0.4, -0.2) is 6.04 Å². The summed E-state index contributed by atoms with van der Waals surface area (Å²) >= 11 is 0. The smallest absolute Gasteiger partial charge is 0.126 e. The van der Waals surface area contributed by atoms with E-state index in [2.05, 4.69) is 13.0 Å². The van der Waals surface area contributed by atoms with E-state index in [9.17, 15) is 0 Å². The first-order valence-corrected chi connectivity index (χ1v) is 4.24. The molecule has 0 saturated heterocycles. The van der Waals surface area contributed by atoms with E-state index < -0.39 is 0 Å². The molecule has 1 saturated carbocycles. The highest BCUT2D eigenvalue weighted by molar-refractivity contribution is 5.48. The second-order valence-corrected chi connectivity index (χ2v) is 3.41. The zero-order valence-corrected chi connectivity index (χ0v) is 7.16. The minimum absolute atomic E-state index is 0.385. The van der Waals surface area contributed by atoms with Gasteiger partial charge in [0.1, 0.15) is 5.76 Å². The normalized spacial score (nSPS) is 29.0. The molecule has 1 fully saturated rings. The standard InChI is InChI=1S/C10H13NO/c1-7(9-6-10(9)11)5-8-3-2-4-12-8/h2-5,9-10H,6,11H2,1H3/b7-5-. The van der Waals surface area contributed by atoms with Gasteiger partial charge in [-0.15, -0.1) is 0 Å². The van der Waals surface area contributed by atoms with Crippen LogP contribution in [0.1, 0.15) is 19.1 Å². The van der Waals surface area contributed by atoms with E-state index in [1.165, 1.54) is 5.57 Å². The summed E-state index contributed by atoms with van der Waals surface area (Å²) in [5.41, 5.74) is 7.06. The molecule has 1 aliphatic carbocycles. The van der Waals surface area contributed by atoms with Gasteiger partial charge < -0.3 is 10.2 Å². The van der Waals surface area contributed by atoms with Crippen LogP contribution >= 0.6 is 0 Å². The Morgan fingerprint density at radius 1 is 1.75 bits per heavy atom. The zero-order chi connectivity index (χ0) is 8.55. The number of furan rings is 1. The molecule has 2 atom stereocenters. The van der Waals surface area contributed by atoms with Gasteiger partial charge in [0.2, 0.25) is 0 Å². The molecule has 2 rings (SSSR count). The summed E-state index contributed by atoms with van der Waals surface area (Å²) in [6, 6.07) is 4.24. The summed E-state index contributed by atoms with van der Waals surface area (Å²) in [4.78, 5) is 0. The SMILES string of the molecule is C/C(=C/c1ccco1)C1CC1N. The summed E-state index contributed by atoms with van der Waals surface area (Å²) in [6.07, 6.45) is 4.88. The summed E-state index contributed by atoms with van der Waals surface area (Å²) in [6.45, 7) is 2.11. The van der Waals surface area contributed by atoms with Gasteiger partial charge in [-0.3, -0.25) is 0 Å². The first-order chi connectivity index (χ1) is 5.77. The molecule has 0 aliphatic heterocycles. The molecular formula is C10H13NO. The van der Waals surface area contributed by atoms with Gasteiger partial charge >= 0.3 is 0 Å². The summed E-state index contributed by atoms with van der Waals surface area (Å²) in [5.74, 6) is 1.52. The third-order valence-corrected chi connectivity index (χ3v) is 2.34. The predicted octanol–water partition coefficient (Wildman–Crippen LogP) is 2.03. The summed E-state index contributed by atoms with van der Waals surface area (Å²) in [5, 5.41) is 0. The third kappa shape index (κ3) is 1.43. The van der Waals surface area contributed by atoms with Crippen molar-refractivity contribution in [2.24, 2.45) is 11.7 Å². The molecular weight excluding hydrogens is 150 g/mol. The van der Waals surface area contributed by atoms with E-state index >= 15 is 0 Å². The maximum absolute atomic E-state index is 5.72. The lowest BCUT2D eigenvalue weighted by molar-refractivity contribution is 0.556. The van der Waals surface area contributed by atoms with Crippen molar-refractivity contribution >= 4 is 6.08 Å². The van der Waals surface area contributed by atoms with Gasteiger partial charge in [0, 0.05) is 6.04 Å². The fraction of sp³-hybridized carbons (Fsp3) is 0.400. The lowest BCUT2D eigenvalue weighted by atomic mass is 10.1. The van der Waals surface area contributed by atoms with Crippen molar-refractivity contribution in [3.63, 3.8) is 0 Å². The number of nitrogens with two attached hydrogens (primary N) is 1. The lowest BCUT2D eigenvalue weighted by Gasteiger charge is -1.94. The van der Waals surface area contributed by atoms with Gasteiger partial charge in [-0.25, -0.2) is 0 Å². The van der Waals surface area contributed by atoms with Crippen molar-refractivity contribution in [2.75, 3.05) is 0 Å². The van der Waals surface area contributed by atoms with Crippen molar-refractivity contribution in [3.8, 4) is 0 Å². The quantitative estimate of drug-likeness (QED) is 0.724. The molecule has 2 heteroatoms. The van der Waals surface area contributed by atoms with Crippen molar-refractivity contribution < 1.29 is 4.42 Å². The first-order valence-electron chi connectivity index (χ1n) is 4.24. The second kappa shape index (κ2) is 2.79. The Morgan fingerprint density at radius 2 is 2.50 bits per heavy atom. The second-order valence-electron chi connectivity index (χ2n) is 3.41. The van der Waals surface area contributed by atoms with Crippen molar-refractivity contribution in [1.82, 2.24) is 0 Å². The Bertz CT molecular complexity index is 287. The Labute approximate surface area is 72.1 Å². The number of hydrogen-bond acceptors (Lipinski definition) is 2. The van der Waals surface area contributed by atoms with Crippen molar-refractivity contribution in [1.29, 1.82) is 0 Å². The highest BCUT2D eigenvalue weighted by atomic mass is 16.3. The minimum atomic E-state index is 0.385. The summed E-state index contributed by atoms with van der Waals surface area (Å²) < 4.78 is 5.20. The van der Waals surface area contributed by atoms with Crippen LogP contribution in [0.4, 0.5) is 0 Å². The molecule has 0 radical (unpaired) electrons. The maximum atomic E-state index is 5.72. The fourth-order valence-corrected chi connectivity index (χ4v) is 1.44. The van der Waals surface area contributed by atoms with Crippen LogP contribution in [0.5, 0.6) is 0 Å². The van der Waals surface area contributed by atoms with Crippen molar-refractivity contribution in [3.05, 3.63) is 29.7 Å². The minimum Gasteiger partial charge on any atom is -0.465 e. The van der Waals surface area contributed by atoms with Gasteiger partial charge in [0.15, 0.2) is 0 Å². The highest BCUT2D eigenvalue weighted by Crippen LogP contribution is 2.35. The number of hydrogen-bond donors (Lipinski definition) is 1. The topological polar surface area (TPSA) is 39.2 Å². The molecule has 64 valence electrons. The van der Waals surface area contributed by atoms with Crippen LogP contribution in [0.15, 0.2) is 28.4 Å². The molecule has 2 unspecified atom stereocenters. The van der Waals surface area contributed by atoms with Crippen LogP contribution in [0, 0.1) is 5.92 Å². The average Bonchev–Trinajstić information content (AvgIpc) is 2.58. The monoisotopic (exact) mass is 163 g/mol. The molecule has 12 heavy (non-hydrogen) atoms. The van der Waals surface area contributed by atoms with E-state index in [0.717, 1.165) is 12.2 Å². The third-order valence-electron chi connectivity index (χ3n) is 2.34. The first kappa shape index (κ1) is 7.62. The van der Waals surface area contributed by atoms with E-state index in [4.69, 9.17) is 10.2 Å². The Hall–Kier alpha value is -1.02. The van der Waals surface area contributed by atoms with E-state index in [1.807, 2.05) is 12.1 Å². The van der Waals surface area contributed by atoms with Crippen LogP contribution in [0.25, 0.3) is 6.08 Å². The maximum Gasteiger partial charge on any atom is 0.126 e. The van der Waals surface area contributed by atoms with Crippen LogP contribution in [0.3, 0.4) is 0 Å². The zero-order valence-electron chi connectivity index (χ0n) is 7.16. The number of rotatable bonds is 2. The van der Waals surface area contributed by atoms with Gasteiger partial charge in [-0.05, 0) is 37.5 Å². The predicted molar refractivity (Wildman–Crippen MR) is 48.4 cm³/mol. The molecule has 0 aromatic carbocycles. The summed E-state index contributed by atoms with van der Waals surface area (Å²) in [7, 11) is 0. The van der Waals surface area contributed by atoms with Gasteiger partial charge in [0.25, 0.3) is 0 Å². The average molecular weight is 163 g/mol. The van der Waals surface area contributed by atoms with E-state index in [-0.39, 0.29) is 0 Å². The molecule has 1 aliphatic rings. The van der Waals surface area contributed by atoms with Crippen LogP contribution in [0.2, 0.25) is 0 Å². The van der Waals surface area contributed by atoms with Gasteiger partial charge in [0.05, 0.1) is 6.26 Å². The molecule has 0 spiro atoms. The van der Waals surface area contributed by atoms with Gasteiger partial charge in [-0.1, -0.05) is 5.57 Å². The van der Waals surface area contributed by atoms with Crippen LogP contribution < -0.4 is 5.73 Å². The fourth-order valence-electron chi connectivity index (χ4n) is 1.44. The van der Waals surface area contributed by atoms with Crippen molar-refractivity contribution in [2.45, 2.75) is 19.4 Å². The molecule has 2 N–H and O–H groups in total. The molecule has 2 nitrogen and oxygen atoms in total. The molecule has 0 amide bonds. The largest absolute Gasteiger partial charge is 0.465 e.